The molecule has 0 aliphatic rings. The number of ether oxygens (including phenoxy) is 2. The van der Waals surface area contributed by atoms with Crippen LogP contribution in [0.3, 0.4) is 0 Å². The standard InChI is InChI=1S/C23H25ClN2O3/c1-28-14-13-26(23(27)18-29-22-10-3-2-4-11-22)17-21-9-6-12-25(21)16-19-7-5-8-20(24)15-19/h2-12,15H,13-14,16-18H2,1H3. The molecule has 0 aliphatic heterocycles. The maximum absolute atomic E-state index is 12.8. The van der Waals surface area contributed by atoms with Crippen LogP contribution < -0.4 is 4.74 Å². The van der Waals surface area contributed by atoms with Crippen molar-refractivity contribution in [3.63, 3.8) is 0 Å². The molecule has 3 aromatic rings. The zero-order valence-corrected chi connectivity index (χ0v) is 17.2. The fourth-order valence-corrected chi connectivity index (χ4v) is 3.23. The summed E-state index contributed by atoms with van der Waals surface area (Å²) in [4.78, 5) is 14.5. The number of rotatable bonds is 10. The van der Waals surface area contributed by atoms with Gasteiger partial charge in [-0.1, -0.05) is 41.9 Å². The van der Waals surface area contributed by atoms with Crippen LogP contribution >= 0.6 is 11.6 Å². The second-order valence-corrected chi connectivity index (χ2v) is 7.10. The quantitative estimate of drug-likeness (QED) is 0.500. The molecule has 6 heteroatoms. The Morgan fingerprint density at radius 1 is 1.07 bits per heavy atom. The summed E-state index contributed by atoms with van der Waals surface area (Å²) in [6.07, 6.45) is 2.01. The van der Waals surface area contributed by atoms with E-state index in [2.05, 4.69) is 4.57 Å². The lowest BCUT2D eigenvalue weighted by atomic mass is 10.2. The Labute approximate surface area is 176 Å². The van der Waals surface area contributed by atoms with Crippen molar-refractivity contribution in [3.05, 3.63) is 89.2 Å². The van der Waals surface area contributed by atoms with Gasteiger partial charge in [0, 0.05) is 37.1 Å². The lowest BCUT2D eigenvalue weighted by molar-refractivity contribution is -0.134. The Balaban J connectivity index is 1.66. The van der Waals surface area contributed by atoms with Crippen LogP contribution in [0.1, 0.15) is 11.3 Å². The van der Waals surface area contributed by atoms with Crippen molar-refractivity contribution in [2.45, 2.75) is 13.1 Å². The van der Waals surface area contributed by atoms with Crippen LogP contribution in [0.25, 0.3) is 0 Å². The topological polar surface area (TPSA) is 43.7 Å². The van der Waals surface area contributed by atoms with Gasteiger partial charge >= 0.3 is 0 Å². The third-order valence-corrected chi connectivity index (χ3v) is 4.78. The van der Waals surface area contributed by atoms with Crippen LogP contribution in [0, 0.1) is 0 Å². The number of carbonyl (C=O) groups is 1. The van der Waals surface area contributed by atoms with E-state index in [1.807, 2.05) is 72.9 Å². The Kier molecular flexibility index (Phi) is 7.73. The number of aromatic nitrogens is 1. The van der Waals surface area contributed by atoms with Gasteiger partial charge in [0.05, 0.1) is 13.2 Å². The number of hydrogen-bond acceptors (Lipinski definition) is 3. The maximum atomic E-state index is 12.8. The number of methoxy groups -OCH3 is 1. The average Bonchev–Trinajstić information content (AvgIpc) is 3.16. The second-order valence-electron chi connectivity index (χ2n) is 6.67. The van der Waals surface area contributed by atoms with Gasteiger partial charge in [0.25, 0.3) is 5.91 Å². The van der Waals surface area contributed by atoms with Crippen LogP contribution in [0.2, 0.25) is 5.02 Å². The SMILES string of the molecule is COCCN(Cc1cccn1Cc1cccc(Cl)c1)C(=O)COc1ccccc1. The zero-order valence-electron chi connectivity index (χ0n) is 16.5. The van der Waals surface area contributed by atoms with E-state index in [9.17, 15) is 4.79 Å². The van der Waals surface area contributed by atoms with Crippen LogP contribution in [-0.2, 0) is 22.6 Å². The minimum Gasteiger partial charge on any atom is -0.484 e. The Hall–Kier alpha value is -2.76. The molecule has 1 amide bonds. The highest BCUT2D eigenvalue weighted by Gasteiger charge is 2.16. The lowest BCUT2D eigenvalue weighted by Gasteiger charge is -2.23. The van der Waals surface area contributed by atoms with E-state index < -0.39 is 0 Å². The van der Waals surface area contributed by atoms with E-state index in [1.54, 1.807) is 12.0 Å². The summed E-state index contributed by atoms with van der Waals surface area (Å²) in [5.41, 5.74) is 2.14. The van der Waals surface area contributed by atoms with E-state index >= 15 is 0 Å². The van der Waals surface area contributed by atoms with Gasteiger partial charge < -0.3 is 18.9 Å². The highest BCUT2D eigenvalue weighted by Crippen LogP contribution is 2.15. The molecular weight excluding hydrogens is 388 g/mol. The van der Waals surface area contributed by atoms with Gasteiger partial charge in [-0.3, -0.25) is 4.79 Å². The van der Waals surface area contributed by atoms with Crippen LogP contribution in [-0.4, -0.2) is 42.2 Å². The molecule has 0 aliphatic carbocycles. The van der Waals surface area contributed by atoms with Crippen LogP contribution in [0.5, 0.6) is 5.75 Å². The molecule has 0 saturated carbocycles. The Morgan fingerprint density at radius 2 is 1.90 bits per heavy atom. The predicted molar refractivity (Wildman–Crippen MR) is 114 cm³/mol. The molecule has 2 aromatic carbocycles. The first-order chi connectivity index (χ1) is 14.2. The summed E-state index contributed by atoms with van der Waals surface area (Å²) >= 11 is 6.10. The summed E-state index contributed by atoms with van der Waals surface area (Å²) in [7, 11) is 1.63. The van der Waals surface area contributed by atoms with Crippen LogP contribution in [0.15, 0.2) is 72.9 Å². The third kappa shape index (κ3) is 6.38. The maximum Gasteiger partial charge on any atom is 0.260 e. The molecule has 1 aromatic heterocycles. The second kappa shape index (κ2) is 10.7. The van der Waals surface area contributed by atoms with Crippen molar-refractivity contribution in [3.8, 4) is 5.75 Å². The van der Waals surface area contributed by atoms with Crippen molar-refractivity contribution in [2.75, 3.05) is 26.9 Å². The molecule has 0 atom stereocenters. The first-order valence-corrected chi connectivity index (χ1v) is 9.86. The van der Waals surface area contributed by atoms with E-state index in [4.69, 9.17) is 21.1 Å². The molecule has 0 bridgehead atoms. The number of halogens is 1. The van der Waals surface area contributed by atoms with Gasteiger partial charge in [-0.25, -0.2) is 0 Å². The van der Waals surface area contributed by atoms with Gasteiger partial charge in [0.1, 0.15) is 5.75 Å². The molecule has 0 N–H and O–H groups in total. The fourth-order valence-electron chi connectivity index (χ4n) is 3.02. The monoisotopic (exact) mass is 412 g/mol. The average molecular weight is 413 g/mol. The number of amides is 1. The number of para-hydroxylation sites is 1. The summed E-state index contributed by atoms with van der Waals surface area (Å²) in [5, 5.41) is 0.714. The van der Waals surface area contributed by atoms with Crippen molar-refractivity contribution < 1.29 is 14.3 Å². The minimum atomic E-state index is -0.0820. The molecule has 152 valence electrons. The number of nitrogens with zero attached hydrogens (tertiary/aromatic N) is 2. The molecule has 0 radical (unpaired) electrons. The van der Waals surface area contributed by atoms with Crippen molar-refractivity contribution in [1.29, 1.82) is 0 Å². The Bertz CT molecular complexity index is 911. The molecule has 0 saturated heterocycles. The van der Waals surface area contributed by atoms with Gasteiger partial charge in [-0.15, -0.1) is 0 Å². The molecule has 1 heterocycles. The van der Waals surface area contributed by atoms with E-state index in [-0.39, 0.29) is 12.5 Å². The summed E-state index contributed by atoms with van der Waals surface area (Å²) in [6.45, 7) is 2.12. The molecule has 5 nitrogen and oxygen atoms in total. The first-order valence-electron chi connectivity index (χ1n) is 9.48. The zero-order chi connectivity index (χ0) is 20.5. The predicted octanol–water partition coefficient (Wildman–Crippen LogP) is 4.24. The summed E-state index contributed by atoms with van der Waals surface area (Å²) in [5.74, 6) is 0.596. The van der Waals surface area contributed by atoms with Crippen LogP contribution in [0.4, 0.5) is 0 Å². The largest absolute Gasteiger partial charge is 0.484 e. The molecular formula is C23H25ClN2O3. The van der Waals surface area contributed by atoms with Crippen molar-refractivity contribution in [1.82, 2.24) is 9.47 Å². The number of carbonyl (C=O) groups excluding carboxylic acids is 1. The third-order valence-electron chi connectivity index (χ3n) is 4.54. The summed E-state index contributed by atoms with van der Waals surface area (Å²) in [6, 6.07) is 21.1. The van der Waals surface area contributed by atoms with E-state index in [0.717, 1.165) is 11.3 Å². The van der Waals surface area contributed by atoms with Gasteiger partial charge in [0.2, 0.25) is 0 Å². The fraction of sp³-hybridized carbons (Fsp3) is 0.261. The molecule has 0 fully saturated rings. The highest BCUT2D eigenvalue weighted by atomic mass is 35.5. The van der Waals surface area contributed by atoms with E-state index in [1.165, 1.54) is 0 Å². The molecule has 0 unspecified atom stereocenters. The molecule has 29 heavy (non-hydrogen) atoms. The Morgan fingerprint density at radius 3 is 2.66 bits per heavy atom. The normalized spacial score (nSPS) is 10.7. The first kappa shape index (κ1) is 21.0. The van der Waals surface area contributed by atoms with Gasteiger partial charge in [0.15, 0.2) is 6.61 Å². The van der Waals surface area contributed by atoms with Gasteiger partial charge in [-0.05, 0) is 42.0 Å². The van der Waals surface area contributed by atoms with Crippen molar-refractivity contribution in [2.24, 2.45) is 0 Å². The number of benzene rings is 2. The van der Waals surface area contributed by atoms with Crippen molar-refractivity contribution >= 4 is 17.5 Å². The minimum absolute atomic E-state index is 0.0112. The van der Waals surface area contributed by atoms with E-state index in [0.29, 0.717) is 37.0 Å². The number of hydrogen-bond donors (Lipinski definition) is 0. The van der Waals surface area contributed by atoms with Gasteiger partial charge in [-0.2, -0.15) is 0 Å². The summed E-state index contributed by atoms with van der Waals surface area (Å²) < 4.78 is 12.9. The molecule has 3 rings (SSSR count). The highest BCUT2D eigenvalue weighted by molar-refractivity contribution is 6.30. The molecule has 0 spiro atoms. The smallest absolute Gasteiger partial charge is 0.260 e. The lowest BCUT2D eigenvalue weighted by Crippen LogP contribution is -2.37.